The van der Waals surface area contributed by atoms with Gasteiger partial charge in [0, 0.05) is 11.9 Å². The Bertz CT molecular complexity index is 616. The Labute approximate surface area is 122 Å². The van der Waals surface area contributed by atoms with Crippen LogP contribution in [0, 0.1) is 0 Å². The van der Waals surface area contributed by atoms with Crippen molar-refractivity contribution in [3.8, 4) is 5.75 Å². The van der Waals surface area contributed by atoms with E-state index in [9.17, 15) is 4.79 Å². The van der Waals surface area contributed by atoms with Crippen molar-refractivity contribution in [3.05, 3.63) is 48.7 Å². The number of hydrogen-bond donors (Lipinski definition) is 1. The van der Waals surface area contributed by atoms with Crippen molar-refractivity contribution in [2.75, 3.05) is 23.8 Å². The van der Waals surface area contributed by atoms with Gasteiger partial charge in [0.05, 0.1) is 6.54 Å². The van der Waals surface area contributed by atoms with Gasteiger partial charge in [-0.2, -0.15) is 0 Å². The number of amides is 1. The van der Waals surface area contributed by atoms with Gasteiger partial charge in [-0.05, 0) is 36.4 Å². The summed E-state index contributed by atoms with van der Waals surface area (Å²) < 4.78 is 10.9. The Balaban J connectivity index is 1.59. The molecule has 1 aliphatic rings. The van der Waals surface area contributed by atoms with Gasteiger partial charge < -0.3 is 15.2 Å². The first-order valence-corrected chi connectivity index (χ1v) is 6.60. The number of benzene rings is 1. The van der Waals surface area contributed by atoms with E-state index in [-0.39, 0.29) is 6.10 Å². The molecule has 1 saturated heterocycles. The molecule has 0 saturated carbocycles. The first-order chi connectivity index (χ1) is 10.2. The highest BCUT2D eigenvalue weighted by molar-refractivity contribution is 5.88. The highest BCUT2D eigenvalue weighted by atomic mass is 16.6. The van der Waals surface area contributed by atoms with E-state index in [0.29, 0.717) is 30.4 Å². The summed E-state index contributed by atoms with van der Waals surface area (Å²) in [5.41, 5.74) is 6.28. The summed E-state index contributed by atoms with van der Waals surface area (Å²) in [5, 5.41) is 0. The number of nitrogens with zero attached hydrogens (tertiary/aromatic N) is 2. The minimum absolute atomic E-state index is 0.291. The summed E-state index contributed by atoms with van der Waals surface area (Å²) >= 11 is 0. The van der Waals surface area contributed by atoms with Crippen LogP contribution in [0.25, 0.3) is 0 Å². The van der Waals surface area contributed by atoms with Crippen LogP contribution in [0.2, 0.25) is 0 Å². The Morgan fingerprint density at radius 1 is 1.29 bits per heavy atom. The largest absolute Gasteiger partial charge is 0.490 e. The molecule has 21 heavy (non-hydrogen) atoms. The molecule has 0 spiro atoms. The summed E-state index contributed by atoms with van der Waals surface area (Å²) in [6.07, 6.45) is 0.914. The van der Waals surface area contributed by atoms with Crippen LogP contribution >= 0.6 is 0 Å². The minimum Gasteiger partial charge on any atom is -0.490 e. The van der Waals surface area contributed by atoms with Gasteiger partial charge in [-0.3, -0.25) is 4.90 Å². The zero-order valence-electron chi connectivity index (χ0n) is 11.3. The third-order valence-electron chi connectivity index (χ3n) is 3.12. The number of rotatable bonds is 4. The van der Waals surface area contributed by atoms with E-state index in [1.165, 1.54) is 4.90 Å². The summed E-state index contributed by atoms with van der Waals surface area (Å²) in [5.74, 6) is 1.27. The molecule has 1 aromatic heterocycles. The molecule has 1 fully saturated rings. The Morgan fingerprint density at radius 2 is 2.10 bits per heavy atom. The van der Waals surface area contributed by atoms with Gasteiger partial charge in [-0.25, -0.2) is 9.78 Å². The van der Waals surface area contributed by atoms with Gasteiger partial charge >= 0.3 is 6.09 Å². The Kier molecular flexibility index (Phi) is 3.59. The lowest BCUT2D eigenvalue weighted by Crippen LogP contribution is -2.27. The quantitative estimate of drug-likeness (QED) is 0.870. The molecule has 1 unspecified atom stereocenters. The molecule has 108 valence electrons. The maximum Gasteiger partial charge on any atom is 0.416 e. The average molecular weight is 285 g/mol. The summed E-state index contributed by atoms with van der Waals surface area (Å²) in [7, 11) is 0. The van der Waals surface area contributed by atoms with Crippen LogP contribution < -0.4 is 15.4 Å². The molecule has 1 aliphatic heterocycles. The molecule has 6 heteroatoms. The van der Waals surface area contributed by atoms with Gasteiger partial charge in [-0.15, -0.1) is 0 Å². The molecular formula is C15H15N3O3. The number of nitrogen functional groups attached to an aromatic ring is 1. The zero-order chi connectivity index (χ0) is 14.7. The molecule has 0 radical (unpaired) electrons. The molecule has 1 atom stereocenters. The molecule has 1 amide bonds. The predicted molar refractivity (Wildman–Crippen MR) is 78.2 cm³/mol. The Hall–Kier alpha value is -2.76. The minimum atomic E-state index is -0.403. The summed E-state index contributed by atoms with van der Waals surface area (Å²) in [6, 6.07) is 12.5. The average Bonchev–Trinajstić information content (AvgIpc) is 2.89. The van der Waals surface area contributed by atoms with E-state index in [1.54, 1.807) is 42.6 Å². The number of hydrogen-bond acceptors (Lipinski definition) is 5. The molecular weight excluding hydrogens is 270 g/mol. The number of ether oxygens (including phenoxy) is 2. The molecule has 6 nitrogen and oxygen atoms in total. The zero-order valence-corrected chi connectivity index (χ0v) is 11.3. The van der Waals surface area contributed by atoms with Gasteiger partial charge in [0.25, 0.3) is 0 Å². The van der Waals surface area contributed by atoms with Crippen molar-refractivity contribution in [3.63, 3.8) is 0 Å². The molecule has 3 rings (SSSR count). The number of pyridine rings is 1. The predicted octanol–water partition coefficient (Wildman–Crippen LogP) is 2.07. The van der Waals surface area contributed by atoms with Crippen molar-refractivity contribution in [1.82, 2.24) is 4.98 Å². The third-order valence-corrected chi connectivity index (χ3v) is 3.12. The fraction of sp³-hybridized carbons (Fsp3) is 0.200. The molecule has 0 bridgehead atoms. The van der Waals surface area contributed by atoms with E-state index < -0.39 is 6.09 Å². The summed E-state index contributed by atoms with van der Waals surface area (Å²) in [6.45, 7) is 0.712. The van der Waals surface area contributed by atoms with E-state index in [1.807, 2.05) is 6.07 Å². The molecule has 1 aromatic carbocycles. The number of aromatic nitrogens is 1. The highest BCUT2D eigenvalue weighted by Crippen LogP contribution is 2.20. The van der Waals surface area contributed by atoms with E-state index in [0.717, 1.165) is 0 Å². The van der Waals surface area contributed by atoms with Crippen molar-refractivity contribution in [2.24, 2.45) is 0 Å². The van der Waals surface area contributed by atoms with Crippen molar-refractivity contribution in [1.29, 1.82) is 0 Å². The van der Waals surface area contributed by atoms with Crippen LogP contribution in [-0.2, 0) is 4.74 Å². The standard InChI is InChI=1S/C15H15N3O3/c16-11-4-6-12(7-5-11)20-10-13-9-18(15(19)21-13)14-3-1-2-8-17-14/h1-8,13H,9-10,16H2. The number of nitrogens with two attached hydrogens (primary N) is 1. The first kappa shape index (κ1) is 13.2. The lowest BCUT2D eigenvalue weighted by Gasteiger charge is -2.12. The lowest BCUT2D eigenvalue weighted by molar-refractivity contribution is 0.105. The Morgan fingerprint density at radius 3 is 2.81 bits per heavy atom. The molecule has 2 aromatic rings. The van der Waals surface area contributed by atoms with Gasteiger partial charge in [0.15, 0.2) is 6.10 Å². The van der Waals surface area contributed by atoms with Crippen LogP contribution in [-0.4, -0.2) is 30.3 Å². The maximum atomic E-state index is 11.8. The van der Waals surface area contributed by atoms with Gasteiger partial charge in [0.1, 0.15) is 18.2 Å². The molecule has 0 aliphatic carbocycles. The van der Waals surface area contributed by atoms with E-state index >= 15 is 0 Å². The normalized spacial score (nSPS) is 17.6. The fourth-order valence-corrected chi connectivity index (χ4v) is 2.06. The third kappa shape index (κ3) is 3.05. The van der Waals surface area contributed by atoms with Crippen molar-refractivity contribution < 1.29 is 14.3 Å². The van der Waals surface area contributed by atoms with Gasteiger partial charge in [-0.1, -0.05) is 6.07 Å². The number of anilines is 2. The molecule has 2 heterocycles. The second kappa shape index (κ2) is 5.70. The SMILES string of the molecule is Nc1ccc(OCC2CN(c3ccccn3)C(=O)O2)cc1. The van der Waals surface area contributed by atoms with Crippen LogP contribution in [0.3, 0.4) is 0 Å². The second-order valence-corrected chi connectivity index (χ2v) is 4.68. The highest BCUT2D eigenvalue weighted by Gasteiger charge is 2.33. The van der Waals surface area contributed by atoms with Crippen LogP contribution in [0.1, 0.15) is 0 Å². The van der Waals surface area contributed by atoms with Gasteiger partial charge in [0.2, 0.25) is 0 Å². The first-order valence-electron chi connectivity index (χ1n) is 6.60. The van der Waals surface area contributed by atoms with Crippen molar-refractivity contribution in [2.45, 2.75) is 6.10 Å². The molecule has 2 N–H and O–H groups in total. The number of carbonyl (C=O) groups is 1. The summed E-state index contributed by atoms with van der Waals surface area (Å²) in [4.78, 5) is 17.5. The monoisotopic (exact) mass is 285 g/mol. The van der Waals surface area contributed by atoms with Crippen LogP contribution in [0.5, 0.6) is 5.75 Å². The number of cyclic esters (lactones) is 1. The van der Waals surface area contributed by atoms with E-state index in [4.69, 9.17) is 15.2 Å². The van der Waals surface area contributed by atoms with Crippen LogP contribution in [0.15, 0.2) is 48.7 Å². The maximum absolute atomic E-state index is 11.8. The lowest BCUT2D eigenvalue weighted by atomic mass is 10.3. The second-order valence-electron chi connectivity index (χ2n) is 4.68. The topological polar surface area (TPSA) is 77.7 Å². The number of carbonyl (C=O) groups excluding carboxylic acids is 1. The fourth-order valence-electron chi connectivity index (χ4n) is 2.06. The van der Waals surface area contributed by atoms with Crippen LogP contribution in [0.4, 0.5) is 16.3 Å². The van der Waals surface area contributed by atoms with E-state index in [2.05, 4.69) is 4.98 Å². The van der Waals surface area contributed by atoms with Crippen molar-refractivity contribution >= 4 is 17.6 Å². The smallest absolute Gasteiger partial charge is 0.416 e.